The summed E-state index contributed by atoms with van der Waals surface area (Å²) in [4.78, 5) is 18.0. The van der Waals surface area contributed by atoms with Gasteiger partial charge in [0.25, 0.3) is 5.91 Å². The predicted octanol–water partition coefficient (Wildman–Crippen LogP) is 2.76. The molecule has 2 rings (SSSR count). The van der Waals surface area contributed by atoms with Crippen molar-refractivity contribution in [3.05, 3.63) is 58.9 Å². The van der Waals surface area contributed by atoms with Crippen LogP contribution in [0, 0.1) is 0 Å². The molecule has 1 aromatic heterocycles. The van der Waals surface area contributed by atoms with Crippen LogP contribution in [0.3, 0.4) is 0 Å². The highest BCUT2D eigenvalue weighted by Gasteiger charge is 2.15. The molecule has 5 heteroatoms. The van der Waals surface area contributed by atoms with Gasteiger partial charge in [-0.05, 0) is 30.3 Å². The average molecular weight is 291 g/mol. The number of rotatable bonds is 4. The zero-order valence-corrected chi connectivity index (χ0v) is 11.8. The van der Waals surface area contributed by atoms with E-state index in [2.05, 4.69) is 4.98 Å². The van der Waals surface area contributed by atoms with Gasteiger partial charge in [-0.1, -0.05) is 17.7 Å². The summed E-state index contributed by atoms with van der Waals surface area (Å²) in [5.41, 5.74) is 1.23. The van der Waals surface area contributed by atoms with E-state index in [4.69, 9.17) is 11.6 Å². The summed E-state index contributed by atoms with van der Waals surface area (Å²) in [6, 6.07) is 10.0. The molecular weight excluding hydrogens is 276 g/mol. The van der Waals surface area contributed by atoms with Gasteiger partial charge in [0.2, 0.25) is 0 Å². The minimum atomic E-state index is -0.221. The molecule has 1 amide bonds. The van der Waals surface area contributed by atoms with Gasteiger partial charge < -0.3 is 10.0 Å². The van der Waals surface area contributed by atoms with Gasteiger partial charge in [0.15, 0.2) is 0 Å². The Labute approximate surface area is 122 Å². The molecule has 104 valence electrons. The number of likely N-dealkylation sites (N-methyl/N-ethyl adjacent to an activating group) is 1. The van der Waals surface area contributed by atoms with Gasteiger partial charge in [-0.25, -0.2) is 0 Å². The highest BCUT2D eigenvalue weighted by atomic mass is 35.5. The largest absolute Gasteiger partial charge is 0.508 e. The van der Waals surface area contributed by atoms with Crippen LogP contribution in [0.15, 0.2) is 42.6 Å². The van der Waals surface area contributed by atoms with Crippen molar-refractivity contribution in [3.63, 3.8) is 0 Å². The number of amides is 1. The molecule has 1 N–H and O–H groups in total. The number of pyridine rings is 1. The van der Waals surface area contributed by atoms with Crippen molar-refractivity contribution in [2.24, 2.45) is 0 Å². The third-order valence-corrected chi connectivity index (χ3v) is 3.29. The Morgan fingerprint density at radius 3 is 2.85 bits per heavy atom. The van der Waals surface area contributed by atoms with Crippen LogP contribution in [0.25, 0.3) is 0 Å². The topological polar surface area (TPSA) is 53.4 Å². The Kier molecular flexibility index (Phi) is 4.58. The number of carbonyl (C=O) groups is 1. The Bertz CT molecular complexity index is 602. The molecule has 0 saturated heterocycles. The Morgan fingerprint density at radius 1 is 1.35 bits per heavy atom. The maximum atomic E-state index is 12.2. The van der Waals surface area contributed by atoms with Gasteiger partial charge in [-0.15, -0.1) is 0 Å². The lowest BCUT2D eigenvalue weighted by atomic mass is 10.2. The standard InChI is InChI=1S/C15H15ClN2O2/c1-18(9-7-11-4-2-3-8-17-11)15(20)13-10-12(19)5-6-14(13)16/h2-6,8,10,19H,7,9H2,1H3. The lowest BCUT2D eigenvalue weighted by Gasteiger charge is -2.17. The normalized spacial score (nSPS) is 10.3. The zero-order valence-electron chi connectivity index (χ0n) is 11.1. The minimum absolute atomic E-state index is 0.0240. The summed E-state index contributed by atoms with van der Waals surface area (Å²) in [5, 5.41) is 9.77. The lowest BCUT2D eigenvalue weighted by molar-refractivity contribution is 0.0796. The maximum absolute atomic E-state index is 12.2. The molecule has 0 bridgehead atoms. The average Bonchev–Trinajstić information content (AvgIpc) is 2.47. The van der Waals surface area contributed by atoms with E-state index < -0.39 is 0 Å². The molecular formula is C15H15ClN2O2. The molecule has 0 atom stereocenters. The van der Waals surface area contributed by atoms with Crippen molar-refractivity contribution in [2.45, 2.75) is 6.42 Å². The van der Waals surface area contributed by atoms with E-state index in [1.54, 1.807) is 18.1 Å². The van der Waals surface area contributed by atoms with Gasteiger partial charge in [0, 0.05) is 31.9 Å². The molecule has 2 aromatic rings. The summed E-state index contributed by atoms with van der Waals surface area (Å²) in [6.45, 7) is 0.530. The fourth-order valence-corrected chi connectivity index (χ4v) is 2.01. The smallest absolute Gasteiger partial charge is 0.255 e. The maximum Gasteiger partial charge on any atom is 0.255 e. The molecule has 0 fully saturated rings. The van der Waals surface area contributed by atoms with E-state index in [0.29, 0.717) is 23.6 Å². The van der Waals surface area contributed by atoms with E-state index in [1.807, 2.05) is 18.2 Å². The molecule has 20 heavy (non-hydrogen) atoms. The van der Waals surface area contributed by atoms with Gasteiger partial charge in [0.05, 0.1) is 10.6 Å². The van der Waals surface area contributed by atoms with Gasteiger partial charge in [-0.3, -0.25) is 9.78 Å². The van der Waals surface area contributed by atoms with Crippen LogP contribution < -0.4 is 0 Å². The van der Waals surface area contributed by atoms with Crippen LogP contribution in [0.2, 0.25) is 5.02 Å². The summed E-state index contributed by atoms with van der Waals surface area (Å²) in [7, 11) is 1.70. The molecule has 0 aliphatic rings. The molecule has 0 aliphatic carbocycles. The fraction of sp³-hybridized carbons (Fsp3) is 0.200. The summed E-state index contributed by atoms with van der Waals surface area (Å²) in [5.74, 6) is -0.197. The third-order valence-electron chi connectivity index (χ3n) is 2.96. The van der Waals surface area contributed by atoms with Crippen molar-refractivity contribution in [1.82, 2.24) is 9.88 Å². The van der Waals surface area contributed by atoms with Crippen molar-refractivity contribution in [3.8, 4) is 5.75 Å². The Balaban J connectivity index is 2.03. The summed E-state index contributed by atoms with van der Waals surface area (Å²) >= 11 is 5.98. The number of halogens is 1. The number of carbonyl (C=O) groups excluding carboxylic acids is 1. The first-order valence-corrected chi connectivity index (χ1v) is 6.59. The first-order valence-electron chi connectivity index (χ1n) is 6.22. The molecule has 0 spiro atoms. The number of phenols is 1. The van der Waals surface area contributed by atoms with Crippen molar-refractivity contribution in [2.75, 3.05) is 13.6 Å². The van der Waals surface area contributed by atoms with E-state index in [0.717, 1.165) is 5.69 Å². The zero-order chi connectivity index (χ0) is 14.5. The number of aromatic nitrogens is 1. The number of nitrogens with zero attached hydrogens (tertiary/aromatic N) is 2. The first kappa shape index (κ1) is 14.3. The molecule has 4 nitrogen and oxygen atoms in total. The monoisotopic (exact) mass is 290 g/mol. The molecule has 1 aromatic carbocycles. The van der Waals surface area contributed by atoms with Crippen LogP contribution in [0.1, 0.15) is 16.1 Å². The second-order valence-corrected chi connectivity index (χ2v) is 4.87. The van der Waals surface area contributed by atoms with Crippen molar-refractivity contribution < 1.29 is 9.90 Å². The number of benzene rings is 1. The van der Waals surface area contributed by atoms with E-state index >= 15 is 0 Å². The number of aromatic hydroxyl groups is 1. The highest BCUT2D eigenvalue weighted by Crippen LogP contribution is 2.22. The fourth-order valence-electron chi connectivity index (χ4n) is 1.81. The molecule has 1 heterocycles. The highest BCUT2D eigenvalue weighted by molar-refractivity contribution is 6.33. The molecule has 0 radical (unpaired) electrons. The Hall–Kier alpha value is -2.07. The Morgan fingerprint density at radius 2 is 2.15 bits per heavy atom. The van der Waals surface area contributed by atoms with Crippen molar-refractivity contribution in [1.29, 1.82) is 0 Å². The lowest BCUT2D eigenvalue weighted by Crippen LogP contribution is -2.29. The molecule has 0 unspecified atom stereocenters. The van der Waals surface area contributed by atoms with Gasteiger partial charge >= 0.3 is 0 Å². The van der Waals surface area contributed by atoms with Crippen LogP contribution in [-0.2, 0) is 6.42 Å². The van der Waals surface area contributed by atoms with Crippen molar-refractivity contribution >= 4 is 17.5 Å². The van der Waals surface area contributed by atoms with Crippen LogP contribution in [-0.4, -0.2) is 34.5 Å². The van der Waals surface area contributed by atoms with Crippen LogP contribution in [0.5, 0.6) is 5.75 Å². The molecule has 0 aliphatic heterocycles. The quantitative estimate of drug-likeness (QED) is 0.942. The summed E-state index contributed by atoms with van der Waals surface area (Å²) < 4.78 is 0. The van der Waals surface area contributed by atoms with E-state index in [1.165, 1.54) is 18.2 Å². The van der Waals surface area contributed by atoms with E-state index in [-0.39, 0.29) is 11.7 Å². The number of hydrogen-bond donors (Lipinski definition) is 1. The van der Waals surface area contributed by atoms with Crippen LogP contribution in [0.4, 0.5) is 0 Å². The number of hydrogen-bond acceptors (Lipinski definition) is 3. The van der Waals surface area contributed by atoms with Crippen LogP contribution >= 0.6 is 11.6 Å². The second-order valence-electron chi connectivity index (χ2n) is 4.46. The van der Waals surface area contributed by atoms with E-state index in [9.17, 15) is 9.90 Å². The molecule has 0 saturated carbocycles. The first-order chi connectivity index (χ1) is 9.58. The predicted molar refractivity (Wildman–Crippen MR) is 78.0 cm³/mol. The minimum Gasteiger partial charge on any atom is -0.508 e. The second kappa shape index (κ2) is 6.39. The third kappa shape index (κ3) is 3.48. The van der Waals surface area contributed by atoms with Gasteiger partial charge in [-0.2, -0.15) is 0 Å². The summed E-state index contributed by atoms with van der Waals surface area (Å²) in [6.07, 6.45) is 2.39. The van der Waals surface area contributed by atoms with Gasteiger partial charge in [0.1, 0.15) is 5.75 Å². The SMILES string of the molecule is CN(CCc1ccccn1)C(=O)c1cc(O)ccc1Cl. The number of phenolic OH excluding ortho intramolecular Hbond substituents is 1.